The number of amides is 1. The first-order valence-corrected chi connectivity index (χ1v) is 6.69. The third-order valence-electron chi connectivity index (χ3n) is 2.00. The molecule has 0 saturated carbocycles. The van der Waals surface area contributed by atoms with Crippen molar-refractivity contribution >= 4 is 55.6 Å². The van der Waals surface area contributed by atoms with Crippen molar-refractivity contribution in [3.8, 4) is 0 Å². The summed E-state index contributed by atoms with van der Waals surface area (Å²) in [6.07, 6.45) is 2.73. The van der Waals surface area contributed by atoms with Crippen LogP contribution < -0.4 is 5.32 Å². The predicted octanol–water partition coefficient (Wildman–Crippen LogP) is 3.11. The highest BCUT2D eigenvalue weighted by Crippen LogP contribution is 2.28. The second kappa shape index (κ2) is 5.59. The molecule has 0 aliphatic rings. The van der Waals surface area contributed by atoms with Crippen LogP contribution in [0.4, 0.5) is 10.8 Å². The number of carbonyl (C=O) groups excluding carboxylic acids is 1. The summed E-state index contributed by atoms with van der Waals surface area (Å²) in [4.78, 5) is 29.6. The van der Waals surface area contributed by atoms with Gasteiger partial charge < -0.3 is 0 Å². The fourth-order valence-electron chi connectivity index (χ4n) is 1.26. The Hall–Kier alpha value is -1.58. The summed E-state index contributed by atoms with van der Waals surface area (Å²) >= 11 is 10.00. The van der Waals surface area contributed by atoms with Gasteiger partial charge >= 0.3 is 5.69 Å². The number of halogens is 2. The monoisotopic (exact) mass is 362 g/mol. The molecule has 2 aromatic rings. The number of nitro groups is 1. The summed E-state index contributed by atoms with van der Waals surface area (Å²) in [6, 6.07) is 1.22. The van der Waals surface area contributed by atoms with Gasteiger partial charge in [0.2, 0.25) is 5.15 Å². The largest absolute Gasteiger partial charge is 0.319 e. The van der Waals surface area contributed by atoms with Crippen LogP contribution in [0, 0.1) is 10.1 Å². The van der Waals surface area contributed by atoms with E-state index in [1.165, 1.54) is 29.8 Å². The summed E-state index contributed by atoms with van der Waals surface area (Å²) in [7, 11) is 0. The maximum Gasteiger partial charge on any atom is 0.319 e. The Labute approximate surface area is 123 Å². The van der Waals surface area contributed by atoms with Crippen LogP contribution in [0.5, 0.6) is 0 Å². The molecule has 98 valence electrons. The number of carbonyl (C=O) groups is 1. The van der Waals surface area contributed by atoms with Gasteiger partial charge in [0.25, 0.3) is 5.91 Å². The van der Waals surface area contributed by atoms with Gasteiger partial charge in [-0.05, 0) is 22.0 Å². The van der Waals surface area contributed by atoms with Gasteiger partial charge in [-0.25, -0.2) is 9.97 Å². The van der Waals surface area contributed by atoms with E-state index in [4.69, 9.17) is 11.6 Å². The number of thiazole rings is 1. The standard InChI is InChI=1S/C9H4BrClN4O3S/c10-5-3-13-9(19-5)14-8(16)4-1-2-12-7(11)6(4)15(17)18/h1-3H,(H,13,14,16). The van der Waals surface area contributed by atoms with Crippen LogP contribution in [0.25, 0.3) is 0 Å². The second-order valence-electron chi connectivity index (χ2n) is 3.18. The molecule has 10 heteroatoms. The van der Waals surface area contributed by atoms with E-state index >= 15 is 0 Å². The third kappa shape index (κ3) is 3.06. The molecule has 1 amide bonds. The Kier molecular flexibility index (Phi) is 4.08. The zero-order chi connectivity index (χ0) is 14.0. The van der Waals surface area contributed by atoms with E-state index in [-0.39, 0.29) is 10.7 Å². The summed E-state index contributed by atoms with van der Waals surface area (Å²) < 4.78 is 0.727. The third-order valence-corrected chi connectivity index (χ3v) is 3.67. The Morgan fingerprint density at radius 1 is 1.53 bits per heavy atom. The molecule has 0 saturated heterocycles. The number of nitrogens with one attached hydrogen (secondary N) is 1. The molecule has 2 aromatic heterocycles. The maximum atomic E-state index is 12.0. The zero-order valence-corrected chi connectivity index (χ0v) is 12.1. The van der Waals surface area contributed by atoms with Crippen molar-refractivity contribution in [3.05, 3.63) is 43.1 Å². The van der Waals surface area contributed by atoms with E-state index in [0.29, 0.717) is 5.13 Å². The van der Waals surface area contributed by atoms with Crippen LogP contribution in [-0.2, 0) is 0 Å². The van der Waals surface area contributed by atoms with Crippen molar-refractivity contribution in [3.63, 3.8) is 0 Å². The van der Waals surface area contributed by atoms with E-state index in [2.05, 4.69) is 31.2 Å². The molecule has 0 fully saturated rings. The van der Waals surface area contributed by atoms with Crippen LogP contribution in [0.3, 0.4) is 0 Å². The lowest BCUT2D eigenvalue weighted by molar-refractivity contribution is -0.385. The summed E-state index contributed by atoms with van der Waals surface area (Å²) in [5, 5.41) is 13.3. The first-order valence-electron chi connectivity index (χ1n) is 4.70. The van der Waals surface area contributed by atoms with Gasteiger partial charge in [0.15, 0.2) is 5.13 Å². The smallest absolute Gasteiger partial charge is 0.298 e. The van der Waals surface area contributed by atoms with E-state index < -0.39 is 16.5 Å². The highest BCUT2D eigenvalue weighted by Gasteiger charge is 2.25. The summed E-state index contributed by atoms with van der Waals surface area (Å²) in [6.45, 7) is 0. The number of rotatable bonds is 3. The van der Waals surface area contributed by atoms with Crippen molar-refractivity contribution in [2.24, 2.45) is 0 Å². The molecule has 2 rings (SSSR count). The van der Waals surface area contributed by atoms with Crippen molar-refractivity contribution in [2.45, 2.75) is 0 Å². The first-order chi connectivity index (χ1) is 8.99. The van der Waals surface area contributed by atoms with Crippen LogP contribution >= 0.6 is 38.9 Å². The number of hydrogen-bond acceptors (Lipinski definition) is 6. The van der Waals surface area contributed by atoms with E-state index in [1.807, 2.05) is 0 Å². The van der Waals surface area contributed by atoms with E-state index in [9.17, 15) is 14.9 Å². The molecule has 0 spiro atoms. The molecule has 0 aliphatic heterocycles. The molecule has 0 aromatic carbocycles. The number of anilines is 1. The first kappa shape index (κ1) is 13.8. The van der Waals surface area contributed by atoms with Crippen molar-refractivity contribution in [2.75, 3.05) is 5.32 Å². The van der Waals surface area contributed by atoms with Crippen LogP contribution in [0.15, 0.2) is 22.2 Å². The topological polar surface area (TPSA) is 98.0 Å². The Morgan fingerprint density at radius 2 is 2.26 bits per heavy atom. The molecule has 0 aliphatic carbocycles. The number of aromatic nitrogens is 2. The summed E-state index contributed by atoms with van der Waals surface area (Å²) in [5.74, 6) is -0.669. The zero-order valence-electron chi connectivity index (χ0n) is 8.96. The minimum atomic E-state index is -0.748. The molecule has 19 heavy (non-hydrogen) atoms. The molecule has 0 atom stereocenters. The van der Waals surface area contributed by atoms with Crippen LogP contribution in [0.1, 0.15) is 10.4 Å². The van der Waals surface area contributed by atoms with E-state index in [1.54, 1.807) is 0 Å². The summed E-state index contributed by atoms with van der Waals surface area (Å²) in [5.41, 5.74) is -0.700. The van der Waals surface area contributed by atoms with Gasteiger partial charge in [-0.15, -0.1) is 0 Å². The number of pyridine rings is 1. The van der Waals surface area contributed by atoms with Crippen molar-refractivity contribution in [1.82, 2.24) is 9.97 Å². The molecule has 2 heterocycles. The molecule has 0 bridgehead atoms. The van der Waals surface area contributed by atoms with Gasteiger partial charge in [0.05, 0.1) is 14.9 Å². The Balaban J connectivity index is 2.34. The van der Waals surface area contributed by atoms with Gasteiger partial charge in [-0.3, -0.25) is 20.2 Å². The SMILES string of the molecule is O=C(Nc1ncc(Br)s1)c1ccnc(Cl)c1[N+](=O)[O-]. The van der Waals surface area contributed by atoms with Gasteiger partial charge in [0, 0.05) is 6.20 Å². The molecular formula is C9H4BrClN4O3S. The fourth-order valence-corrected chi connectivity index (χ4v) is 2.59. The second-order valence-corrected chi connectivity index (χ2v) is 5.95. The highest BCUT2D eigenvalue weighted by molar-refractivity contribution is 9.11. The van der Waals surface area contributed by atoms with Crippen LogP contribution in [-0.4, -0.2) is 20.8 Å². The molecular weight excluding hydrogens is 360 g/mol. The van der Waals surface area contributed by atoms with Crippen molar-refractivity contribution in [1.29, 1.82) is 0 Å². The quantitative estimate of drug-likeness (QED) is 0.513. The Bertz CT molecular complexity index is 663. The molecule has 1 N–H and O–H groups in total. The van der Waals surface area contributed by atoms with Gasteiger partial charge in [0.1, 0.15) is 5.56 Å². The van der Waals surface area contributed by atoms with Crippen molar-refractivity contribution < 1.29 is 9.72 Å². The average molecular weight is 364 g/mol. The molecule has 7 nitrogen and oxygen atoms in total. The minimum absolute atomic E-state index is 0.170. The normalized spacial score (nSPS) is 10.2. The molecule has 0 radical (unpaired) electrons. The number of nitrogens with zero attached hydrogens (tertiary/aromatic N) is 3. The lowest BCUT2D eigenvalue weighted by Gasteiger charge is -2.03. The Morgan fingerprint density at radius 3 is 2.84 bits per heavy atom. The lowest BCUT2D eigenvalue weighted by atomic mass is 10.2. The average Bonchev–Trinajstić information content (AvgIpc) is 2.73. The van der Waals surface area contributed by atoms with Gasteiger partial charge in [-0.1, -0.05) is 22.9 Å². The van der Waals surface area contributed by atoms with Crippen LogP contribution in [0.2, 0.25) is 5.15 Å². The predicted molar refractivity (Wildman–Crippen MR) is 73.7 cm³/mol. The highest BCUT2D eigenvalue weighted by atomic mass is 79.9. The van der Waals surface area contributed by atoms with Gasteiger partial charge in [-0.2, -0.15) is 0 Å². The fraction of sp³-hybridized carbons (Fsp3) is 0. The maximum absolute atomic E-state index is 12.0. The number of hydrogen-bond donors (Lipinski definition) is 1. The van der Waals surface area contributed by atoms with E-state index in [0.717, 1.165) is 3.79 Å². The molecule has 0 unspecified atom stereocenters. The lowest BCUT2D eigenvalue weighted by Crippen LogP contribution is -2.14. The minimum Gasteiger partial charge on any atom is -0.298 e.